The summed E-state index contributed by atoms with van der Waals surface area (Å²) in [4.78, 5) is 4.28. The molecule has 1 aliphatic rings. The Hall–Kier alpha value is -0.700. The lowest BCUT2D eigenvalue weighted by molar-refractivity contribution is 0.250. The summed E-state index contributed by atoms with van der Waals surface area (Å²) in [5.74, 6) is 0.347. The summed E-state index contributed by atoms with van der Waals surface area (Å²) in [5.41, 5.74) is 0. The predicted octanol–water partition coefficient (Wildman–Crippen LogP) is 1.42. The second-order valence-electron chi connectivity index (χ2n) is 4.60. The van der Waals surface area contributed by atoms with Crippen molar-refractivity contribution >= 4 is 31.8 Å². The van der Waals surface area contributed by atoms with Gasteiger partial charge in [-0.1, -0.05) is 0 Å². The monoisotopic (exact) mass is 363 g/mol. The Bertz CT molecular complexity index is 575. The molecule has 1 aromatic rings. The first-order valence-corrected chi connectivity index (χ1v) is 8.76. The van der Waals surface area contributed by atoms with Crippen molar-refractivity contribution < 1.29 is 13.5 Å². The Morgan fingerprint density at radius 2 is 2.25 bits per heavy atom. The zero-order chi connectivity index (χ0) is 14.8. The van der Waals surface area contributed by atoms with Crippen molar-refractivity contribution in [2.75, 3.05) is 25.0 Å². The lowest BCUT2D eigenvalue weighted by Crippen LogP contribution is -2.36. The molecule has 0 aromatic carbocycles. The summed E-state index contributed by atoms with van der Waals surface area (Å²) in [6, 6.07) is 1.55. The second kappa shape index (κ2) is 6.38. The first-order valence-electron chi connectivity index (χ1n) is 6.52. The second-order valence-corrected chi connectivity index (χ2v) is 7.38. The van der Waals surface area contributed by atoms with Crippen molar-refractivity contribution in [3.63, 3.8) is 0 Å². The van der Waals surface area contributed by atoms with Gasteiger partial charge in [-0.25, -0.2) is 13.4 Å². The highest BCUT2D eigenvalue weighted by Gasteiger charge is 2.39. The van der Waals surface area contributed by atoms with Gasteiger partial charge >= 0.3 is 0 Å². The molecular weight excluding hydrogens is 346 g/mol. The molecule has 0 spiro atoms. The molecule has 1 aliphatic carbocycles. The van der Waals surface area contributed by atoms with E-state index in [4.69, 9.17) is 5.11 Å². The molecule has 1 saturated carbocycles. The third kappa shape index (κ3) is 3.30. The smallest absolute Gasteiger partial charge is 0.247 e. The largest absolute Gasteiger partial charge is 0.395 e. The summed E-state index contributed by atoms with van der Waals surface area (Å²) >= 11 is 3.26. The number of sulfonamides is 1. The van der Waals surface area contributed by atoms with Gasteiger partial charge in [0.25, 0.3) is 0 Å². The zero-order valence-corrected chi connectivity index (χ0v) is 13.6. The maximum atomic E-state index is 12.8. The van der Waals surface area contributed by atoms with Gasteiger partial charge < -0.3 is 10.4 Å². The van der Waals surface area contributed by atoms with Gasteiger partial charge in [0.15, 0.2) is 0 Å². The number of hydrogen-bond donors (Lipinski definition) is 2. The van der Waals surface area contributed by atoms with Gasteiger partial charge in [0.05, 0.1) is 6.61 Å². The van der Waals surface area contributed by atoms with Crippen LogP contribution in [0.5, 0.6) is 0 Å². The molecule has 6 nitrogen and oxygen atoms in total. The van der Waals surface area contributed by atoms with Gasteiger partial charge in [-0.3, -0.25) is 0 Å². The summed E-state index contributed by atoms with van der Waals surface area (Å²) in [6.45, 7) is 2.39. The number of anilines is 1. The van der Waals surface area contributed by atoms with Crippen LogP contribution >= 0.6 is 15.9 Å². The minimum absolute atomic E-state index is 0.000563. The minimum atomic E-state index is -3.66. The maximum Gasteiger partial charge on any atom is 0.247 e. The molecule has 0 radical (unpaired) electrons. The number of hydrogen-bond acceptors (Lipinski definition) is 5. The molecule has 1 heterocycles. The summed E-state index contributed by atoms with van der Waals surface area (Å²) in [7, 11) is -3.66. The van der Waals surface area contributed by atoms with E-state index >= 15 is 0 Å². The summed E-state index contributed by atoms with van der Waals surface area (Å²) < 4.78 is 27.5. The number of aliphatic hydroxyl groups excluding tert-OH is 1. The van der Waals surface area contributed by atoms with E-state index in [2.05, 4.69) is 26.2 Å². The predicted molar refractivity (Wildman–Crippen MR) is 80.1 cm³/mol. The van der Waals surface area contributed by atoms with Gasteiger partial charge in [0, 0.05) is 29.8 Å². The van der Waals surface area contributed by atoms with E-state index < -0.39 is 10.0 Å². The highest BCUT2D eigenvalue weighted by molar-refractivity contribution is 9.10. The number of pyridine rings is 1. The van der Waals surface area contributed by atoms with Crippen LogP contribution in [0.15, 0.2) is 21.6 Å². The molecule has 8 heteroatoms. The van der Waals surface area contributed by atoms with E-state index in [9.17, 15) is 8.42 Å². The number of aromatic nitrogens is 1. The normalized spacial score (nSPS) is 15.6. The van der Waals surface area contributed by atoms with Crippen LogP contribution in [0, 0.1) is 0 Å². The van der Waals surface area contributed by atoms with Crippen LogP contribution in [0.3, 0.4) is 0 Å². The molecular formula is C12H18BrN3O3S. The van der Waals surface area contributed by atoms with Crippen LogP contribution < -0.4 is 5.32 Å². The fourth-order valence-electron chi connectivity index (χ4n) is 2.00. The number of rotatable bonds is 7. The first kappa shape index (κ1) is 15.7. The number of nitrogens with one attached hydrogen (secondary N) is 1. The van der Waals surface area contributed by atoms with Crippen molar-refractivity contribution in [3.8, 4) is 0 Å². The zero-order valence-electron chi connectivity index (χ0n) is 11.2. The molecule has 0 saturated heterocycles. The van der Waals surface area contributed by atoms with Crippen LogP contribution in [-0.4, -0.2) is 48.6 Å². The van der Waals surface area contributed by atoms with Crippen LogP contribution in [0.1, 0.15) is 19.8 Å². The van der Waals surface area contributed by atoms with Crippen molar-refractivity contribution in [2.24, 2.45) is 0 Å². The van der Waals surface area contributed by atoms with Crippen LogP contribution in [0.25, 0.3) is 0 Å². The first-order chi connectivity index (χ1) is 9.50. The van der Waals surface area contributed by atoms with E-state index in [1.807, 2.05) is 6.92 Å². The summed E-state index contributed by atoms with van der Waals surface area (Å²) in [6.07, 6.45) is 3.25. The molecule has 0 bridgehead atoms. The molecule has 20 heavy (non-hydrogen) atoms. The van der Waals surface area contributed by atoms with Crippen molar-refractivity contribution in [3.05, 3.63) is 16.7 Å². The fourth-order valence-corrected chi connectivity index (χ4v) is 4.31. The summed E-state index contributed by atoms with van der Waals surface area (Å²) in [5, 5.41) is 12.1. The Labute approximate surface area is 127 Å². The third-order valence-electron chi connectivity index (χ3n) is 3.02. The molecule has 0 atom stereocenters. The van der Waals surface area contributed by atoms with E-state index in [0.29, 0.717) is 16.8 Å². The van der Waals surface area contributed by atoms with Gasteiger partial charge in [-0.2, -0.15) is 4.31 Å². The van der Waals surface area contributed by atoms with Gasteiger partial charge in [-0.15, -0.1) is 0 Å². The van der Waals surface area contributed by atoms with Crippen molar-refractivity contribution in [1.82, 2.24) is 9.29 Å². The van der Waals surface area contributed by atoms with Gasteiger partial charge in [-0.05, 0) is 41.8 Å². The van der Waals surface area contributed by atoms with E-state index in [0.717, 1.165) is 12.8 Å². The molecule has 1 fully saturated rings. The molecule has 1 aromatic heterocycles. The van der Waals surface area contributed by atoms with Gasteiger partial charge in [0.2, 0.25) is 10.0 Å². The lowest BCUT2D eigenvalue weighted by Gasteiger charge is -2.22. The van der Waals surface area contributed by atoms with Gasteiger partial charge in [0.1, 0.15) is 10.7 Å². The Morgan fingerprint density at radius 3 is 2.80 bits per heavy atom. The SMILES string of the molecule is CCNc1ncc(Br)cc1S(=O)(=O)N(CCO)C1CC1. The molecule has 0 aliphatic heterocycles. The van der Waals surface area contributed by atoms with Crippen LogP contribution in [0.4, 0.5) is 5.82 Å². The van der Waals surface area contributed by atoms with E-state index in [-0.39, 0.29) is 24.1 Å². The Balaban J connectivity index is 2.43. The van der Waals surface area contributed by atoms with Crippen molar-refractivity contribution in [2.45, 2.75) is 30.7 Å². The lowest BCUT2D eigenvalue weighted by atomic mass is 10.4. The van der Waals surface area contributed by atoms with E-state index in [1.54, 1.807) is 12.3 Å². The van der Waals surface area contributed by atoms with E-state index in [1.165, 1.54) is 4.31 Å². The molecule has 2 rings (SSSR count). The molecule has 112 valence electrons. The Morgan fingerprint density at radius 1 is 1.55 bits per heavy atom. The fraction of sp³-hybridized carbons (Fsp3) is 0.583. The average molecular weight is 364 g/mol. The number of nitrogens with zero attached hydrogens (tertiary/aromatic N) is 2. The van der Waals surface area contributed by atoms with Crippen LogP contribution in [-0.2, 0) is 10.0 Å². The third-order valence-corrected chi connectivity index (χ3v) is 5.42. The number of halogens is 1. The molecule has 0 unspecified atom stereocenters. The molecule has 2 N–H and O–H groups in total. The van der Waals surface area contributed by atoms with Crippen LogP contribution in [0.2, 0.25) is 0 Å². The minimum Gasteiger partial charge on any atom is -0.395 e. The molecule has 0 amide bonds. The highest BCUT2D eigenvalue weighted by atomic mass is 79.9. The number of aliphatic hydroxyl groups is 1. The maximum absolute atomic E-state index is 12.8. The quantitative estimate of drug-likeness (QED) is 0.765. The highest BCUT2D eigenvalue weighted by Crippen LogP contribution is 2.34. The standard InChI is InChI=1S/C12H18BrN3O3S/c1-2-14-12-11(7-9(13)8-15-12)20(18,19)16(5-6-17)10-3-4-10/h7-8,10,17H,2-6H2,1H3,(H,14,15). The topological polar surface area (TPSA) is 82.5 Å². The average Bonchev–Trinajstić information content (AvgIpc) is 3.22. The Kier molecular flexibility index (Phi) is 5.00. The van der Waals surface area contributed by atoms with Crippen molar-refractivity contribution in [1.29, 1.82) is 0 Å².